The monoisotopic (exact) mass is 351 g/mol. The van der Waals surface area contributed by atoms with Crippen molar-refractivity contribution in [3.63, 3.8) is 0 Å². The normalized spacial score (nSPS) is 10.5. The number of pyridine rings is 1. The second-order valence-corrected chi connectivity index (χ2v) is 4.74. The molecule has 18 heavy (non-hydrogen) atoms. The molecule has 1 aromatic carbocycles. The number of nitrogens with one attached hydrogen (secondary N) is 1. The molecular weight excluding hydrogens is 341 g/mol. The van der Waals surface area contributed by atoms with Crippen LogP contribution in [-0.4, -0.2) is 17.1 Å². The van der Waals surface area contributed by atoms with Crippen LogP contribution in [0.25, 0.3) is 0 Å². The van der Waals surface area contributed by atoms with E-state index in [1.807, 2.05) is 24.3 Å². The van der Waals surface area contributed by atoms with Gasteiger partial charge in [0.25, 0.3) is 5.91 Å². The molecule has 90 valence electrons. The third-order valence-corrected chi connectivity index (χ3v) is 2.82. The number of hydrogen-bond acceptors (Lipinski definition) is 3. The van der Waals surface area contributed by atoms with Crippen molar-refractivity contribution in [2.24, 2.45) is 5.10 Å². The lowest BCUT2D eigenvalue weighted by Gasteiger charge is -1.98. The Labute approximate surface area is 118 Å². The Balaban J connectivity index is 1.98. The van der Waals surface area contributed by atoms with Crippen molar-refractivity contribution in [1.29, 1.82) is 0 Å². The van der Waals surface area contributed by atoms with Crippen molar-refractivity contribution in [2.75, 3.05) is 0 Å². The van der Waals surface area contributed by atoms with Crippen molar-refractivity contribution in [3.05, 3.63) is 63.5 Å². The maximum atomic E-state index is 11.6. The van der Waals surface area contributed by atoms with Crippen molar-refractivity contribution >= 4 is 34.7 Å². The van der Waals surface area contributed by atoms with Crippen molar-refractivity contribution in [1.82, 2.24) is 10.4 Å². The molecule has 2 rings (SSSR count). The van der Waals surface area contributed by atoms with Crippen LogP contribution in [0, 0.1) is 3.57 Å². The molecule has 0 saturated heterocycles. The molecule has 1 amide bonds. The lowest BCUT2D eigenvalue weighted by atomic mass is 10.2. The molecule has 1 heterocycles. The van der Waals surface area contributed by atoms with Crippen LogP contribution >= 0.6 is 22.6 Å². The van der Waals surface area contributed by atoms with Crippen LogP contribution in [0.1, 0.15) is 15.9 Å². The average molecular weight is 351 g/mol. The van der Waals surface area contributed by atoms with Crippen molar-refractivity contribution < 1.29 is 4.79 Å². The summed E-state index contributed by atoms with van der Waals surface area (Å²) in [5, 5.41) is 3.90. The van der Waals surface area contributed by atoms with Crippen LogP contribution in [0.2, 0.25) is 0 Å². The van der Waals surface area contributed by atoms with E-state index < -0.39 is 0 Å². The summed E-state index contributed by atoms with van der Waals surface area (Å²) in [4.78, 5) is 15.5. The summed E-state index contributed by atoms with van der Waals surface area (Å²) >= 11 is 2.22. The molecule has 0 spiro atoms. The minimum absolute atomic E-state index is 0.273. The van der Waals surface area contributed by atoms with Gasteiger partial charge in [0.1, 0.15) is 0 Å². The minimum Gasteiger partial charge on any atom is -0.267 e. The molecule has 0 bridgehead atoms. The zero-order chi connectivity index (χ0) is 12.8. The molecule has 1 aromatic heterocycles. The second-order valence-electron chi connectivity index (χ2n) is 3.50. The third kappa shape index (κ3) is 3.63. The minimum atomic E-state index is -0.273. The summed E-state index contributed by atoms with van der Waals surface area (Å²) in [5.41, 5.74) is 3.88. The number of rotatable bonds is 3. The first kappa shape index (κ1) is 12.7. The van der Waals surface area contributed by atoms with Crippen LogP contribution < -0.4 is 5.43 Å². The predicted molar refractivity (Wildman–Crippen MR) is 78.5 cm³/mol. The molecular formula is C13H10IN3O. The van der Waals surface area contributed by atoms with Crippen molar-refractivity contribution in [3.8, 4) is 0 Å². The first-order chi connectivity index (χ1) is 8.75. The lowest BCUT2D eigenvalue weighted by molar-refractivity contribution is 0.0955. The quantitative estimate of drug-likeness (QED) is 0.525. The highest BCUT2D eigenvalue weighted by atomic mass is 127. The topological polar surface area (TPSA) is 54.4 Å². The van der Waals surface area contributed by atoms with E-state index >= 15 is 0 Å². The standard InChI is InChI=1S/C13H10IN3O/c14-12-5-1-3-10(7-12)8-16-17-13(18)11-4-2-6-15-9-11/h1-9H,(H,17,18)/b16-8-. The predicted octanol–water partition coefficient (Wildman–Crippen LogP) is 2.45. The van der Waals surface area contributed by atoms with Gasteiger partial charge in [0.15, 0.2) is 0 Å². The molecule has 0 saturated carbocycles. The summed E-state index contributed by atoms with van der Waals surface area (Å²) < 4.78 is 1.12. The van der Waals surface area contributed by atoms with E-state index in [4.69, 9.17) is 0 Å². The number of benzene rings is 1. The van der Waals surface area contributed by atoms with Gasteiger partial charge >= 0.3 is 0 Å². The lowest BCUT2D eigenvalue weighted by Crippen LogP contribution is -2.17. The largest absolute Gasteiger partial charge is 0.272 e. The van der Waals surface area contributed by atoms with Gasteiger partial charge in [0.05, 0.1) is 11.8 Å². The molecule has 0 fully saturated rings. The summed E-state index contributed by atoms with van der Waals surface area (Å²) in [6, 6.07) is 11.2. The maximum Gasteiger partial charge on any atom is 0.272 e. The average Bonchev–Trinajstić information content (AvgIpc) is 2.40. The highest BCUT2D eigenvalue weighted by molar-refractivity contribution is 14.1. The highest BCUT2D eigenvalue weighted by Crippen LogP contribution is 2.05. The molecule has 0 aliphatic heterocycles. The molecule has 0 unspecified atom stereocenters. The number of carbonyl (C=O) groups excluding carboxylic acids is 1. The zero-order valence-electron chi connectivity index (χ0n) is 9.38. The van der Waals surface area contributed by atoms with Crippen LogP contribution in [0.3, 0.4) is 0 Å². The third-order valence-electron chi connectivity index (χ3n) is 2.15. The van der Waals surface area contributed by atoms with E-state index in [2.05, 4.69) is 38.1 Å². The van der Waals surface area contributed by atoms with E-state index in [0.29, 0.717) is 5.56 Å². The number of carbonyl (C=O) groups is 1. The molecule has 0 aliphatic carbocycles. The Morgan fingerprint density at radius 2 is 2.22 bits per heavy atom. The smallest absolute Gasteiger partial charge is 0.267 e. The van der Waals surface area contributed by atoms with Gasteiger partial charge in [-0.05, 0) is 52.4 Å². The molecule has 5 heteroatoms. The summed E-state index contributed by atoms with van der Waals surface area (Å²) in [7, 11) is 0. The van der Waals surface area contributed by atoms with E-state index in [1.54, 1.807) is 24.5 Å². The van der Waals surface area contributed by atoms with Crippen LogP contribution in [-0.2, 0) is 0 Å². The number of amides is 1. The zero-order valence-corrected chi connectivity index (χ0v) is 11.5. The maximum absolute atomic E-state index is 11.6. The highest BCUT2D eigenvalue weighted by Gasteiger charge is 2.02. The first-order valence-electron chi connectivity index (χ1n) is 5.25. The SMILES string of the molecule is O=C(N/N=C\c1cccc(I)c1)c1cccnc1. The Hall–Kier alpha value is -1.76. The molecule has 0 radical (unpaired) electrons. The number of hydrazone groups is 1. The summed E-state index contributed by atoms with van der Waals surface area (Å²) in [6.45, 7) is 0. The molecule has 4 nitrogen and oxygen atoms in total. The summed E-state index contributed by atoms with van der Waals surface area (Å²) in [6.07, 6.45) is 4.72. The van der Waals surface area contributed by atoms with Gasteiger partial charge in [0, 0.05) is 16.0 Å². The van der Waals surface area contributed by atoms with Gasteiger partial charge in [0.2, 0.25) is 0 Å². The molecule has 2 aromatic rings. The van der Waals surface area contributed by atoms with E-state index in [0.717, 1.165) is 9.13 Å². The summed E-state index contributed by atoms with van der Waals surface area (Å²) in [5.74, 6) is -0.273. The Morgan fingerprint density at radius 1 is 1.33 bits per heavy atom. The van der Waals surface area contributed by atoms with Crippen LogP contribution in [0.15, 0.2) is 53.9 Å². The van der Waals surface area contributed by atoms with Gasteiger partial charge < -0.3 is 0 Å². The van der Waals surface area contributed by atoms with Gasteiger partial charge in [-0.1, -0.05) is 12.1 Å². The van der Waals surface area contributed by atoms with Gasteiger partial charge in [-0.2, -0.15) is 5.10 Å². The van der Waals surface area contributed by atoms with Crippen LogP contribution in [0.4, 0.5) is 0 Å². The van der Waals surface area contributed by atoms with Gasteiger partial charge in [-0.3, -0.25) is 9.78 Å². The first-order valence-corrected chi connectivity index (χ1v) is 6.32. The van der Waals surface area contributed by atoms with E-state index in [-0.39, 0.29) is 5.91 Å². The van der Waals surface area contributed by atoms with Gasteiger partial charge in [-0.25, -0.2) is 5.43 Å². The molecule has 1 N–H and O–H groups in total. The Kier molecular flexibility index (Phi) is 4.40. The molecule has 0 atom stereocenters. The number of hydrogen-bond donors (Lipinski definition) is 1. The van der Waals surface area contributed by atoms with E-state index in [1.165, 1.54) is 6.20 Å². The van der Waals surface area contributed by atoms with Crippen LogP contribution in [0.5, 0.6) is 0 Å². The number of nitrogens with zero attached hydrogens (tertiary/aromatic N) is 2. The van der Waals surface area contributed by atoms with Crippen molar-refractivity contribution in [2.45, 2.75) is 0 Å². The molecule has 0 aliphatic rings. The second kappa shape index (κ2) is 6.25. The fourth-order valence-electron chi connectivity index (χ4n) is 1.31. The fourth-order valence-corrected chi connectivity index (χ4v) is 1.88. The fraction of sp³-hybridized carbons (Fsp3) is 0. The Morgan fingerprint density at radius 3 is 2.94 bits per heavy atom. The number of aromatic nitrogens is 1. The number of halogens is 1. The van der Waals surface area contributed by atoms with E-state index in [9.17, 15) is 4.79 Å². The van der Waals surface area contributed by atoms with Gasteiger partial charge in [-0.15, -0.1) is 0 Å². The Bertz CT molecular complexity index is 569.